The van der Waals surface area contributed by atoms with E-state index in [2.05, 4.69) is 42.3 Å². The van der Waals surface area contributed by atoms with E-state index in [0.29, 0.717) is 18.6 Å². The topological polar surface area (TPSA) is 104 Å². The van der Waals surface area contributed by atoms with Crippen LogP contribution in [0.1, 0.15) is 36.0 Å². The maximum Gasteiger partial charge on any atom is 0.290 e. The lowest BCUT2D eigenvalue weighted by molar-refractivity contribution is -0.123. The Labute approximate surface area is 165 Å². The molecule has 2 aromatic rings. The summed E-state index contributed by atoms with van der Waals surface area (Å²) in [5.41, 5.74) is 8.35. The minimum absolute atomic E-state index is 0.194. The number of hydrogen-bond donors (Lipinski definition) is 3. The quantitative estimate of drug-likeness (QED) is 0.687. The number of nitrogens with zero attached hydrogens (tertiary/aromatic N) is 1. The van der Waals surface area contributed by atoms with Crippen LogP contribution in [0.2, 0.25) is 0 Å². The van der Waals surface area contributed by atoms with Crippen LogP contribution in [0.3, 0.4) is 0 Å². The molecule has 1 saturated heterocycles. The molecule has 0 unspecified atom stereocenters. The Morgan fingerprint density at radius 1 is 1.18 bits per heavy atom. The smallest absolute Gasteiger partial charge is 0.290 e. The lowest BCUT2D eigenvalue weighted by atomic mass is 9.67. The van der Waals surface area contributed by atoms with E-state index in [1.807, 2.05) is 12.1 Å². The summed E-state index contributed by atoms with van der Waals surface area (Å²) in [6.45, 7) is 1.72. The Kier molecular flexibility index (Phi) is 7.58. The number of piperidine rings is 1. The van der Waals surface area contributed by atoms with E-state index in [-0.39, 0.29) is 17.8 Å². The summed E-state index contributed by atoms with van der Waals surface area (Å²) in [6, 6.07) is 16.2. The molecular weight excluding hydrogens is 356 g/mol. The molecular formula is C22H28N2O4. The first-order valence-corrected chi connectivity index (χ1v) is 9.35. The summed E-state index contributed by atoms with van der Waals surface area (Å²) < 4.78 is 0. The first-order chi connectivity index (χ1) is 13.4. The molecule has 1 heterocycles. The van der Waals surface area contributed by atoms with Crippen molar-refractivity contribution in [3.05, 3.63) is 65.2 Å². The van der Waals surface area contributed by atoms with Gasteiger partial charge in [0.2, 0.25) is 5.91 Å². The Morgan fingerprint density at radius 2 is 1.79 bits per heavy atom. The molecule has 0 saturated carbocycles. The minimum atomic E-state index is -0.299. The monoisotopic (exact) mass is 384 g/mol. The van der Waals surface area contributed by atoms with E-state index in [0.717, 1.165) is 37.1 Å². The van der Waals surface area contributed by atoms with Gasteiger partial charge in [-0.1, -0.05) is 42.5 Å². The molecule has 28 heavy (non-hydrogen) atoms. The third-order valence-corrected chi connectivity index (χ3v) is 5.40. The second-order valence-electron chi connectivity index (χ2n) is 7.17. The van der Waals surface area contributed by atoms with Crippen LogP contribution < -0.4 is 5.73 Å². The number of likely N-dealkylation sites (tertiary alicyclic amines) is 1. The zero-order chi connectivity index (χ0) is 20.6. The van der Waals surface area contributed by atoms with Crippen molar-refractivity contribution in [3.8, 4) is 5.75 Å². The molecule has 150 valence electrons. The summed E-state index contributed by atoms with van der Waals surface area (Å²) in [5.74, 6) is 0.0305. The van der Waals surface area contributed by atoms with Crippen molar-refractivity contribution >= 4 is 12.4 Å². The fraction of sp³-hybridized carbons (Fsp3) is 0.364. The third kappa shape index (κ3) is 5.10. The van der Waals surface area contributed by atoms with E-state index in [4.69, 9.17) is 15.6 Å². The van der Waals surface area contributed by atoms with E-state index >= 15 is 0 Å². The number of carboxylic acid groups (broad SMARTS) is 1. The van der Waals surface area contributed by atoms with Gasteiger partial charge >= 0.3 is 0 Å². The fourth-order valence-electron chi connectivity index (χ4n) is 3.86. The van der Waals surface area contributed by atoms with Gasteiger partial charge in [-0.3, -0.25) is 9.59 Å². The highest BCUT2D eigenvalue weighted by Gasteiger charge is 2.39. The molecule has 0 aliphatic carbocycles. The van der Waals surface area contributed by atoms with Crippen LogP contribution in [0.15, 0.2) is 48.5 Å². The van der Waals surface area contributed by atoms with Crippen LogP contribution in [0.5, 0.6) is 5.75 Å². The van der Waals surface area contributed by atoms with Gasteiger partial charge in [-0.25, -0.2) is 0 Å². The van der Waals surface area contributed by atoms with Crippen LogP contribution in [0.4, 0.5) is 0 Å². The van der Waals surface area contributed by atoms with Gasteiger partial charge in [-0.15, -0.1) is 0 Å². The Bertz CT molecular complexity index is 784. The summed E-state index contributed by atoms with van der Waals surface area (Å²) in [5, 5.41) is 17.5. The number of aryl methyl sites for hydroxylation is 1. The number of phenolic OH excluding ortho intramolecular Hbond substituents is 1. The second kappa shape index (κ2) is 9.90. The van der Waals surface area contributed by atoms with Crippen LogP contribution in [-0.4, -0.2) is 47.6 Å². The maximum absolute atomic E-state index is 11.1. The van der Waals surface area contributed by atoms with Gasteiger partial charge in [0, 0.05) is 17.4 Å². The number of amides is 1. The van der Waals surface area contributed by atoms with Crippen molar-refractivity contribution in [2.45, 2.75) is 31.1 Å². The van der Waals surface area contributed by atoms with Crippen molar-refractivity contribution in [1.29, 1.82) is 0 Å². The zero-order valence-corrected chi connectivity index (χ0v) is 16.2. The number of hydrogen-bond acceptors (Lipinski definition) is 4. The lowest BCUT2D eigenvalue weighted by Crippen LogP contribution is -2.41. The predicted molar refractivity (Wildman–Crippen MR) is 108 cm³/mol. The van der Waals surface area contributed by atoms with Crippen molar-refractivity contribution in [2.75, 3.05) is 20.1 Å². The number of nitrogens with two attached hydrogens (primary N) is 1. The van der Waals surface area contributed by atoms with E-state index in [1.165, 1.54) is 5.56 Å². The Balaban J connectivity index is 0.000000878. The molecule has 0 spiro atoms. The van der Waals surface area contributed by atoms with Crippen molar-refractivity contribution in [3.63, 3.8) is 0 Å². The molecule has 6 nitrogen and oxygen atoms in total. The molecule has 0 aromatic heterocycles. The van der Waals surface area contributed by atoms with Crippen LogP contribution in [0, 0.1) is 0 Å². The van der Waals surface area contributed by atoms with Crippen molar-refractivity contribution < 1.29 is 19.8 Å². The molecule has 1 aliphatic rings. The molecule has 0 atom stereocenters. The van der Waals surface area contributed by atoms with Crippen LogP contribution in [-0.2, 0) is 21.4 Å². The number of carbonyl (C=O) groups is 2. The summed E-state index contributed by atoms with van der Waals surface area (Å²) in [4.78, 5) is 21.8. The predicted octanol–water partition coefficient (Wildman–Crippen LogP) is 2.52. The van der Waals surface area contributed by atoms with Gasteiger partial charge in [0.15, 0.2) is 0 Å². The number of aromatic hydroxyl groups is 1. The van der Waals surface area contributed by atoms with Gasteiger partial charge in [-0.05, 0) is 56.6 Å². The summed E-state index contributed by atoms with van der Waals surface area (Å²) in [6.07, 6.45) is 2.85. The van der Waals surface area contributed by atoms with Crippen molar-refractivity contribution in [1.82, 2.24) is 4.90 Å². The maximum atomic E-state index is 11.1. The Morgan fingerprint density at radius 3 is 2.36 bits per heavy atom. The molecule has 1 aliphatic heterocycles. The SMILES string of the molecule is CN1CCC(c2ccccc2)(c2cc(CCC(N)=O)ccc2O)CC1.O=CO. The molecule has 6 heteroatoms. The average Bonchev–Trinajstić information content (AvgIpc) is 2.69. The average molecular weight is 384 g/mol. The number of rotatable bonds is 5. The summed E-state index contributed by atoms with van der Waals surface area (Å²) in [7, 11) is 2.14. The molecule has 0 bridgehead atoms. The van der Waals surface area contributed by atoms with Gasteiger partial charge < -0.3 is 20.8 Å². The largest absolute Gasteiger partial charge is 0.508 e. The van der Waals surface area contributed by atoms with E-state index < -0.39 is 0 Å². The number of benzene rings is 2. The zero-order valence-electron chi connectivity index (χ0n) is 16.2. The van der Waals surface area contributed by atoms with Gasteiger partial charge in [0.25, 0.3) is 6.47 Å². The van der Waals surface area contributed by atoms with Gasteiger partial charge in [0.1, 0.15) is 5.75 Å². The number of primary amides is 1. The molecule has 1 fully saturated rings. The van der Waals surface area contributed by atoms with Gasteiger partial charge in [0.05, 0.1) is 0 Å². The highest BCUT2D eigenvalue weighted by Crippen LogP contribution is 2.45. The van der Waals surface area contributed by atoms with E-state index in [9.17, 15) is 9.90 Å². The minimum Gasteiger partial charge on any atom is -0.508 e. The number of phenols is 1. The lowest BCUT2D eigenvalue weighted by Gasteiger charge is -2.42. The molecule has 0 radical (unpaired) electrons. The third-order valence-electron chi connectivity index (χ3n) is 5.40. The Hall–Kier alpha value is -2.86. The van der Waals surface area contributed by atoms with Crippen LogP contribution in [0.25, 0.3) is 0 Å². The molecule has 1 amide bonds. The summed E-state index contributed by atoms with van der Waals surface area (Å²) >= 11 is 0. The number of carbonyl (C=O) groups excluding carboxylic acids is 1. The molecule has 2 aromatic carbocycles. The van der Waals surface area contributed by atoms with Crippen LogP contribution >= 0.6 is 0 Å². The highest BCUT2D eigenvalue weighted by atomic mass is 16.3. The highest BCUT2D eigenvalue weighted by molar-refractivity contribution is 5.74. The molecule has 3 rings (SSSR count). The first kappa shape index (κ1) is 21.4. The standard InChI is InChI=1S/C21H26N2O2.CH2O2/c1-23-13-11-21(12-14-23,17-5-3-2-4-6-17)18-15-16(7-9-19(18)24)8-10-20(22)25;2-1-3/h2-7,9,15,24H,8,10-14H2,1H3,(H2,22,25);1H,(H,2,3). The second-order valence-corrected chi connectivity index (χ2v) is 7.17. The van der Waals surface area contributed by atoms with Gasteiger partial charge in [-0.2, -0.15) is 0 Å². The normalized spacial score (nSPS) is 15.9. The van der Waals surface area contributed by atoms with E-state index in [1.54, 1.807) is 6.07 Å². The molecule has 4 N–H and O–H groups in total. The fourth-order valence-corrected chi connectivity index (χ4v) is 3.86. The first-order valence-electron chi connectivity index (χ1n) is 9.35. The van der Waals surface area contributed by atoms with Crippen molar-refractivity contribution in [2.24, 2.45) is 5.73 Å².